The topological polar surface area (TPSA) is 53.6 Å². The third-order valence-electron chi connectivity index (χ3n) is 5.48. The standard InChI is InChI=1S/C17H31N3O2.2ClH/c21-17(16-13-14-5-1-2-6-15(14)19-16)18-7-3-4-8-20-9-11-22-12-10-20;;/h14-16,19H,1-13H2,(H,18,21);2*1H. The van der Waals surface area contributed by atoms with E-state index >= 15 is 0 Å². The van der Waals surface area contributed by atoms with Crippen molar-refractivity contribution in [3.05, 3.63) is 0 Å². The normalized spacial score (nSPS) is 29.9. The van der Waals surface area contributed by atoms with Gasteiger partial charge in [-0.15, -0.1) is 24.8 Å². The molecule has 3 aliphatic rings. The van der Waals surface area contributed by atoms with Crippen LogP contribution in [-0.4, -0.2) is 62.3 Å². The Bertz CT molecular complexity index is 354. The number of carbonyl (C=O) groups excluding carboxylic acids is 1. The smallest absolute Gasteiger partial charge is 0.237 e. The van der Waals surface area contributed by atoms with E-state index in [-0.39, 0.29) is 36.8 Å². The Morgan fingerprint density at radius 3 is 2.62 bits per heavy atom. The average molecular weight is 382 g/mol. The molecule has 3 rings (SSSR count). The number of amides is 1. The highest BCUT2D eigenvalue weighted by molar-refractivity contribution is 5.85. The van der Waals surface area contributed by atoms with E-state index in [2.05, 4.69) is 15.5 Å². The van der Waals surface area contributed by atoms with Crippen molar-refractivity contribution in [2.24, 2.45) is 5.92 Å². The molecule has 0 aromatic rings. The summed E-state index contributed by atoms with van der Waals surface area (Å²) in [5.41, 5.74) is 0. The van der Waals surface area contributed by atoms with Crippen molar-refractivity contribution in [3.8, 4) is 0 Å². The molecule has 2 N–H and O–H groups in total. The maximum atomic E-state index is 12.3. The summed E-state index contributed by atoms with van der Waals surface area (Å²) in [6, 6.07) is 0.665. The van der Waals surface area contributed by atoms with Crippen LogP contribution in [0.2, 0.25) is 0 Å². The minimum Gasteiger partial charge on any atom is -0.379 e. The van der Waals surface area contributed by atoms with Gasteiger partial charge in [0.25, 0.3) is 0 Å². The van der Waals surface area contributed by atoms with Crippen molar-refractivity contribution in [2.75, 3.05) is 39.4 Å². The lowest BCUT2D eigenvalue weighted by Crippen LogP contribution is -2.43. The monoisotopic (exact) mass is 381 g/mol. The zero-order valence-electron chi connectivity index (χ0n) is 14.5. The fourth-order valence-corrected chi connectivity index (χ4v) is 4.14. The molecule has 7 heteroatoms. The lowest BCUT2D eigenvalue weighted by atomic mass is 9.85. The fourth-order valence-electron chi connectivity index (χ4n) is 4.14. The van der Waals surface area contributed by atoms with Gasteiger partial charge in [-0.1, -0.05) is 12.8 Å². The fraction of sp³-hybridized carbons (Fsp3) is 0.941. The molecule has 142 valence electrons. The van der Waals surface area contributed by atoms with Crippen molar-refractivity contribution in [2.45, 2.75) is 57.0 Å². The first-order chi connectivity index (χ1) is 10.8. The molecule has 1 saturated carbocycles. The number of hydrogen-bond acceptors (Lipinski definition) is 4. The van der Waals surface area contributed by atoms with Gasteiger partial charge in [-0.25, -0.2) is 0 Å². The first kappa shape index (κ1) is 22.0. The van der Waals surface area contributed by atoms with Gasteiger partial charge in [0.15, 0.2) is 0 Å². The van der Waals surface area contributed by atoms with Gasteiger partial charge < -0.3 is 15.4 Å². The molecule has 1 amide bonds. The highest BCUT2D eigenvalue weighted by Crippen LogP contribution is 2.33. The molecule has 3 atom stereocenters. The molecular formula is C17H33Cl2N3O2. The van der Waals surface area contributed by atoms with E-state index in [0.717, 1.165) is 64.6 Å². The molecular weight excluding hydrogens is 349 g/mol. The van der Waals surface area contributed by atoms with Crippen LogP contribution in [0, 0.1) is 5.92 Å². The van der Waals surface area contributed by atoms with E-state index in [4.69, 9.17) is 4.74 Å². The molecule has 0 radical (unpaired) electrons. The van der Waals surface area contributed by atoms with E-state index in [1.165, 1.54) is 25.7 Å². The molecule has 0 aromatic carbocycles. The van der Waals surface area contributed by atoms with Crippen LogP contribution in [-0.2, 0) is 9.53 Å². The summed E-state index contributed by atoms with van der Waals surface area (Å²) in [5.74, 6) is 0.964. The van der Waals surface area contributed by atoms with Gasteiger partial charge in [-0.05, 0) is 44.6 Å². The number of ether oxygens (including phenoxy) is 1. The van der Waals surface area contributed by atoms with Crippen LogP contribution in [0.3, 0.4) is 0 Å². The zero-order chi connectivity index (χ0) is 15.2. The maximum absolute atomic E-state index is 12.3. The molecule has 3 unspecified atom stereocenters. The summed E-state index contributed by atoms with van der Waals surface area (Å²) in [5, 5.41) is 6.68. The highest BCUT2D eigenvalue weighted by atomic mass is 35.5. The van der Waals surface area contributed by atoms with E-state index in [9.17, 15) is 4.79 Å². The SMILES string of the molecule is Cl.Cl.O=C(NCCCCN1CCOCC1)C1CC2CCCCC2N1. The summed E-state index contributed by atoms with van der Waals surface area (Å²) < 4.78 is 5.35. The van der Waals surface area contributed by atoms with Crippen molar-refractivity contribution in [1.82, 2.24) is 15.5 Å². The van der Waals surface area contributed by atoms with Crippen molar-refractivity contribution in [3.63, 3.8) is 0 Å². The van der Waals surface area contributed by atoms with Gasteiger partial charge in [0.2, 0.25) is 5.91 Å². The highest BCUT2D eigenvalue weighted by Gasteiger charge is 2.37. The average Bonchev–Trinajstić information content (AvgIpc) is 2.99. The number of rotatable bonds is 6. The maximum Gasteiger partial charge on any atom is 0.237 e. The van der Waals surface area contributed by atoms with Crippen LogP contribution >= 0.6 is 24.8 Å². The molecule has 1 aliphatic carbocycles. The van der Waals surface area contributed by atoms with Gasteiger partial charge >= 0.3 is 0 Å². The number of carbonyl (C=O) groups is 1. The molecule has 3 fully saturated rings. The number of unbranched alkanes of at least 4 members (excludes halogenated alkanes) is 1. The second-order valence-electron chi connectivity index (χ2n) is 7.06. The number of fused-ring (bicyclic) bond motifs is 1. The first-order valence-corrected chi connectivity index (χ1v) is 9.17. The van der Waals surface area contributed by atoms with Crippen LogP contribution in [0.1, 0.15) is 44.9 Å². The van der Waals surface area contributed by atoms with Crippen molar-refractivity contribution in [1.29, 1.82) is 0 Å². The number of nitrogens with one attached hydrogen (secondary N) is 2. The number of morpholine rings is 1. The van der Waals surface area contributed by atoms with Crippen molar-refractivity contribution < 1.29 is 9.53 Å². The second-order valence-corrected chi connectivity index (χ2v) is 7.06. The Kier molecular flexibility index (Phi) is 10.6. The molecule has 0 spiro atoms. The molecule has 2 aliphatic heterocycles. The summed E-state index contributed by atoms with van der Waals surface area (Å²) in [6.45, 7) is 5.79. The Morgan fingerprint density at radius 1 is 1.12 bits per heavy atom. The van der Waals surface area contributed by atoms with Gasteiger partial charge in [-0.3, -0.25) is 9.69 Å². The summed E-state index contributed by atoms with van der Waals surface area (Å²) in [6.07, 6.45) is 8.51. The number of nitrogens with zero attached hydrogens (tertiary/aromatic N) is 1. The van der Waals surface area contributed by atoms with Gasteiger partial charge in [-0.2, -0.15) is 0 Å². The third kappa shape index (κ3) is 6.34. The Hall–Kier alpha value is -0.0700. The minimum absolute atomic E-state index is 0. The van der Waals surface area contributed by atoms with Crippen LogP contribution < -0.4 is 10.6 Å². The van der Waals surface area contributed by atoms with E-state index in [0.29, 0.717) is 6.04 Å². The Balaban J connectivity index is 0.00000144. The van der Waals surface area contributed by atoms with Gasteiger partial charge in [0.05, 0.1) is 19.3 Å². The number of halogens is 2. The molecule has 2 saturated heterocycles. The quantitative estimate of drug-likeness (QED) is 0.690. The number of hydrogen-bond donors (Lipinski definition) is 2. The molecule has 5 nitrogen and oxygen atoms in total. The molecule has 0 aromatic heterocycles. The largest absolute Gasteiger partial charge is 0.379 e. The second kappa shape index (κ2) is 11.5. The van der Waals surface area contributed by atoms with Gasteiger partial charge in [0, 0.05) is 25.7 Å². The predicted molar refractivity (Wildman–Crippen MR) is 101 cm³/mol. The molecule has 2 heterocycles. The van der Waals surface area contributed by atoms with Crippen LogP contribution in [0.25, 0.3) is 0 Å². The first-order valence-electron chi connectivity index (χ1n) is 9.17. The van der Waals surface area contributed by atoms with Crippen molar-refractivity contribution >= 4 is 30.7 Å². The lowest BCUT2D eigenvalue weighted by Gasteiger charge is -2.26. The van der Waals surface area contributed by atoms with Crippen LogP contribution in [0.4, 0.5) is 0 Å². The minimum atomic E-state index is 0. The summed E-state index contributed by atoms with van der Waals surface area (Å²) >= 11 is 0. The molecule has 0 bridgehead atoms. The van der Waals surface area contributed by atoms with Crippen LogP contribution in [0.5, 0.6) is 0 Å². The zero-order valence-corrected chi connectivity index (χ0v) is 16.1. The van der Waals surface area contributed by atoms with E-state index in [1.54, 1.807) is 0 Å². The van der Waals surface area contributed by atoms with Gasteiger partial charge in [0.1, 0.15) is 0 Å². The Morgan fingerprint density at radius 2 is 1.88 bits per heavy atom. The predicted octanol–water partition coefficient (Wildman–Crippen LogP) is 1.98. The Labute approximate surface area is 158 Å². The summed E-state index contributed by atoms with van der Waals surface area (Å²) in [4.78, 5) is 14.7. The van der Waals surface area contributed by atoms with E-state index in [1.807, 2.05) is 0 Å². The van der Waals surface area contributed by atoms with Crippen LogP contribution in [0.15, 0.2) is 0 Å². The van der Waals surface area contributed by atoms with E-state index < -0.39 is 0 Å². The summed E-state index contributed by atoms with van der Waals surface area (Å²) in [7, 11) is 0. The molecule has 24 heavy (non-hydrogen) atoms. The third-order valence-corrected chi connectivity index (χ3v) is 5.48. The lowest BCUT2D eigenvalue weighted by molar-refractivity contribution is -0.122.